The second kappa shape index (κ2) is 7.33. The van der Waals surface area contributed by atoms with Crippen LogP contribution in [0, 0.1) is 0 Å². The van der Waals surface area contributed by atoms with E-state index in [1.54, 1.807) is 28.8 Å². The molecule has 130 valence electrons. The molecule has 1 amide bonds. The van der Waals surface area contributed by atoms with Crippen LogP contribution in [0.25, 0.3) is 5.65 Å². The lowest BCUT2D eigenvalue weighted by atomic mass is 10.2. The number of aryl methyl sites for hydroxylation is 1. The monoisotopic (exact) mass is 377 g/mol. The van der Waals surface area contributed by atoms with Gasteiger partial charge in [-0.25, -0.2) is 4.98 Å². The van der Waals surface area contributed by atoms with Gasteiger partial charge in [0.25, 0.3) is 5.91 Å². The molecule has 2 aromatic heterocycles. The highest BCUT2D eigenvalue weighted by Crippen LogP contribution is 2.27. The summed E-state index contributed by atoms with van der Waals surface area (Å²) in [4.78, 5) is 17.4. The SMILES string of the molecule is CCOc1cccn2c(C(=O)Nc3ccc(Cl)c(Cl)c3)c(CC)nc12. The van der Waals surface area contributed by atoms with E-state index in [1.165, 1.54) is 0 Å². The molecule has 0 radical (unpaired) electrons. The second-order valence-corrected chi connectivity index (χ2v) is 6.16. The number of fused-ring (bicyclic) bond motifs is 1. The number of carbonyl (C=O) groups is 1. The van der Waals surface area contributed by atoms with Crippen molar-refractivity contribution in [1.29, 1.82) is 0 Å². The molecule has 1 aromatic carbocycles. The van der Waals surface area contributed by atoms with Crippen molar-refractivity contribution >= 4 is 40.4 Å². The molecule has 0 saturated carbocycles. The Morgan fingerprint density at radius 2 is 2.04 bits per heavy atom. The fourth-order valence-electron chi connectivity index (χ4n) is 2.61. The molecule has 3 rings (SSSR count). The van der Waals surface area contributed by atoms with Crippen LogP contribution >= 0.6 is 23.2 Å². The number of nitrogens with one attached hydrogen (secondary N) is 1. The molecule has 0 fully saturated rings. The van der Waals surface area contributed by atoms with E-state index in [0.717, 1.165) is 0 Å². The zero-order chi connectivity index (χ0) is 18.0. The number of pyridine rings is 1. The Kier molecular flexibility index (Phi) is 5.16. The van der Waals surface area contributed by atoms with Gasteiger partial charge in [-0.05, 0) is 43.7 Å². The van der Waals surface area contributed by atoms with Gasteiger partial charge in [0, 0.05) is 11.9 Å². The summed E-state index contributed by atoms with van der Waals surface area (Å²) in [7, 11) is 0. The largest absolute Gasteiger partial charge is 0.490 e. The van der Waals surface area contributed by atoms with Gasteiger partial charge in [0.1, 0.15) is 5.69 Å². The minimum Gasteiger partial charge on any atom is -0.490 e. The zero-order valence-corrected chi connectivity index (χ0v) is 15.4. The topological polar surface area (TPSA) is 55.6 Å². The molecule has 7 heteroatoms. The quantitative estimate of drug-likeness (QED) is 0.690. The van der Waals surface area contributed by atoms with Crippen LogP contribution in [0.2, 0.25) is 10.0 Å². The van der Waals surface area contributed by atoms with Crippen LogP contribution in [0.4, 0.5) is 5.69 Å². The number of aromatic nitrogens is 2. The zero-order valence-electron chi connectivity index (χ0n) is 13.8. The highest BCUT2D eigenvalue weighted by Gasteiger charge is 2.20. The smallest absolute Gasteiger partial charge is 0.274 e. The van der Waals surface area contributed by atoms with Crippen LogP contribution in [0.3, 0.4) is 0 Å². The number of imidazole rings is 1. The Morgan fingerprint density at radius 1 is 1.24 bits per heavy atom. The number of rotatable bonds is 5. The van der Waals surface area contributed by atoms with Crippen molar-refractivity contribution in [2.45, 2.75) is 20.3 Å². The normalized spacial score (nSPS) is 10.9. The first-order valence-corrected chi connectivity index (χ1v) is 8.69. The maximum absolute atomic E-state index is 12.8. The summed E-state index contributed by atoms with van der Waals surface area (Å²) in [5.74, 6) is 0.379. The van der Waals surface area contributed by atoms with Gasteiger partial charge in [-0.15, -0.1) is 0 Å². The van der Waals surface area contributed by atoms with Crippen LogP contribution in [-0.2, 0) is 6.42 Å². The molecule has 2 heterocycles. The summed E-state index contributed by atoms with van der Waals surface area (Å²) in [6.07, 6.45) is 2.42. The minimum absolute atomic E-state index is 0.267. The van der Waals surface area contributed by atoms with Gasteiger partial charge in [-0.2, -0.15) is 0 Å². The molecule has 0 aliphatic heterocycles. The van der Waals surface area contributed by atoms with Gasteiger partial charge < -0.3 is 10.1 Å². The van der Waals surface area contributed by atoms with Crippen LogP contribution in [-0.4, -0.2) is 21.9 Å². The van der Waals surface area contributed by atoms with E-state index in [0.29, 0.717) is 51.5 Å². The summed E-state index contributed by atoms with van der Waals surface area (Å²) in [5.41, 5.74) is 2.37. The Bertz CT molecular complexity index is 937. The van der Waals surface area contributed by atoms with E-state index in [2.05, 4.69) is 10.3 Å². The number of nitrogens with zero attached hydrogens (tertiary/aromatic N) is 2. The first kappa shape index (κ1) is 17.6. The van der Waals surface area contributed by atoms with Gasteiger partial charge in [-0.3, -0.25) is 9.20 Å². The van der Waals surface area contributed by atoms with Crippen molar-refractivity contribution in [1.82, 2.24) is 9.38 Å². The summed E-state index contributed by atoms with van der Waals surface area (Å²) < 4.78 is 7.36. The summed E-state index contributed by atoms with van der Waals surface area (Å²) in [6, 6.07) is 8.62. The fourth-order valence-corrected chi connectivity index (χ4v) is 2.91. The molecular weight excluding hydrogens is 361 g/mol. The number of carbonyl (C=O) groups excluding carboxylic acids is 1. The van der Waals surface area contributed by atoms with Gasteiger partial charge in [0.15, 0.2) is 11.4 Å². The summed E-state index contributed by atoms with van der Waals surface area (Å²) in [5, 5.41) is 3.66. The predicted molar refractivity (Wildman–Crippen MR) is 100 cm³/mol. The Labute approximate surface area is 155 Å². The highest BCUT2D eigenvalue weighted by molar-refractivity contribution is 6.42. The first-order chi connectivity index (χ1) is 12.0. The minimum atomic E-state index is -0.267. The molecule has 0 atom stereocenters. The fraction of sp³-hybridized carbons (Fsp3) is 0.222. The molecule has 0 unspecified atom stereocenters. The van der Waals surface area contributed by atoms with E-state index >= 15 is 0 Å². The van der Waals surface area contributed by atoms with Crippen molar-refractivity contribution in [2.75, 3.05) is 11.9 Å². The highest BCUT2D eigenvalue weighted by atomic mass is 35.5. The number of anilines is 1. The Morgan fingerprint density at radius 3 is 2.72 bits per heavy atom. The van der Waals surface area contributed by atoms with Crippen LogP contribution < -0.4 is 10.1 Å². The molecule has 0 bridgehead atoms. The lowest BCUT2D eigenvalue weighted by Crippen LogP contribution is -2.16. The van der Waals surface area contributed by atoms with Crippen LogP contribution in [0.1, 0.15) is 30.0 Å². The third kappa shape index (κ3) is 3.43. The molecule has 3 aromatic rings. The number of benzene rings is 1. The van der Waals surface area contributed by atoms with E-state index in [9.17, 15) is 4.79 Å². The molecule has 0 aliphatic rings. The number of amides is 1. The molecule has 5 nitrogen and oxygen atoms in total. The second-order valence-electron chi connectivity index (χ2n) is 5.34. The predicted octanol–water partition coefficient (Wildman–Crippen LogP) is 4.85. The lowest BCUT2D eigenvalue weighted by Gasteiger charge is -2.08. The molecule has 1 N–H and O–H groups in total. The third-order valence-electron chi connectivity index (χ3n) is 3.71. The maximum atomic E-state index is 12.8. The summed E-state index contributed by atoms with van der Waals surface area (Å²) >= 11 is 11.9. The van der Waals surface area contributed by atoms with Gasteiger partial charge in [-0.1, -0.05) is 30.1 Å². The van der Waals surface area contributed by atoms with Crippen molar-refractivity contribution in [3.05, 3.63) is 58.0 Å². The van der Waals surface area contributed by atoms with E-state index in [1.807, 2.05) is 26.0 Å². The van der Waals surface area contributed by atoms with Crippen molar-refractivity contribution < 1.29 is 9.53 Å². The van der Waals surface area contributed by atoms with Gasteiger partial charge in [0.2, 0.25) is 0 Å². The Hall–Kier alpha value is -2.24. The van der Waals surface area contributed by atoms with Crippen LogP contribution in [0.15, 0.2) is 36.5 Å². The first-order valence-electron chi connectivity index (χ1n) is 7.94. The molecule has 0 saturated heterocycles. The van der Waals surface area contributed by atoms with Gasteiger partial charge >= 0.3 is 0 Å². The number of ether oxygens (including phenoxy) is 1. The Balaban J connectivity index is 2.02. The average molecular weight is 378 g/mol. The van der Waals surface area contributed by atoms with Crippen molar-refractivity contribution in [3.8, 4) is 5.75 Å². The van der Waals surface area contributed by atoms with Gasteiger partial charge in [0.05, 0.1) is 22.3 Å². The summed E-state index contributed by atoms with van der Waals surface area (Å²) in [6.45, 7) is 4.39. The molecule has 0 spiro atoms. The number of halogens is 2. The average Bonchev–Trinajstić information content (AvgIpc) is 2.98. The van der Waals surface area contributed by atoms with E-state index in [4.69, 9.17) is 27.9 Å². The molecule has 0 aliphatic carbocycles. The standard InChI is InChI=1S/C18H17Cl2N3O2/c1-3-14-16(18(24)21-11-7-8-12(19)13(20)10-11)23-9-5-6-15(25-4-2)17(23)22-14/h5-10H,3-4H2,1-2H3,(H,21,24). The van der Waals surface area contributed by atoms with E-state index in [-0.39, 0.29) is 5.91 Å². The molecular formula is C18H17Cl2N3O2. The number of hydrogen-bond donors (Lipinski definition) is 1. The maximum Gasteiger partial charge on any atom is 0.274 e. The molecule has 25 heavy (non-hydrogen) atoms. The third-order valence-corrected chi connectivity index (χ3v) is 4.45. The number of hydrogen-bond acceptors (Lipinski definition) is 3. The van der Waals surface area contributed by atoms with Crippen molar-refractivity contribution in [3.63, 3.8) is 0 Å². The van der Waals surface area contributed by atoms with Crippen LogP contribution in [0.5, 0.6) is 5.75 Å². The lowest BCUT2D eigenvalue weighted by molar-refractivity contribution is 0.102. The van der Waals surface area contributed by atoms with E-state index < -0.39 is 0 Å². The van der Waals surface area contributed by atoms with Crippen molar-refractivity contribution in [2.24, 2.45) is 0 Å².